The molecule has 200 valence electrons. The number of aromatic nitrogens is 2. The number of rotatable bonds is 8. The van der Waals surface area contributed by atoms with Gasteiger partial charge < -0.3 is 15.7 Å². The molecule has 2 amide bonds. The van der Waals surface area contributed by atoms with Crippen molar-refractivity contribution in [3.8, 4) is 10.6 Å². The van der Waals surface area contributed by atoms with E-state index in [-0.39, 0.29) is 12.5 Å². The van der Waals surface area contributed by atoms with E-state index in [1.54, 1.807) is 18.2 Å². The lowest BCUT2D eigenvalue weighted by atomic mass is 9.91. The van der Waals surface area contributed by atoms with E-state index in [9.17, 15) is 22.8 Å². The van der Waals surface area contributed by atoms with E-state index in [2.05, 4.69) is 20.8 Å². The van der Waals surface area contributed by atoms with Crippen LogP contribution in [0, 0.1) is 0 Å². The molecule has 0 aliphatic heterocycles. The molecule has 0 saturated heterocycles. The Morgan fingerprint density at radius 3 is 2.39 bits per heavy atom. The van der Waals surface area contributed by atoms with Crippen LogP contribution in [-0.4, -0.2) is 27.3 Å². The predicted octanol–water partition coefficient (Wildman–Crippen LogP) is 6.37. The van der Waals surface area contributed by atoms with Crippen LogP contribution in [0.5, 0.6) is 0 Å². The maximum Gasteiger partial charge on any atom is 0.416 e. The zero-order valence-electron chi connectivity index (χ0n) is 20.6. The zero-order chi connectivity index (χ0) is 27.3. The Bertz CT molecular complexity index is 1340. The molecule has 0 spiro atoms. The van der Waals surface area contributed by atoms with Crippen LogP contribution in [0.2, 0.25) is 0 Å². The number of amides is 2. The summed E-state index contributed by atoms with van der Waals surface area (Å²) in [6.45, 7) is 1.55. The molecule has 1 aromatic heterocycles. The van der Waals surface area contributed by atoms with Crippen molar-refractivity contribution < 1.29 is 27.9 Å². The second-order valence-electron chi connectivity index (χ2n) is 9.15. The molecule has 38 heavy (non-hydrogen) atoms. The summed E-state index contributed by atoms with van der Waals surface area (Å²) in [6, 6.07) is 10.7. The molecule has 1 heterocycles. The Labute approximate surface area is 221 Å². The summed E-state index contributed by atoms with van der Waals surface area (Å²) in [7, 11) is 0. The van der Waals surface area contributed by atoms with Gasteiger partial charge in [0.15, 0.2) is 0 Å². The van der Waals surface area contributed by atoms with Gasteiger partial charge in [-0.3, -0.25) is 4.79 Å². The number of carbonyl (C=O) groups excluding carboxylic acids is 1. The van der Waals surface area contributed by atoms with E-state index in [4.69, 9.17) is 5.11 Å². The first-order chi connectivity index (χ1) is 18.1. The Morgan fingerprint density at radius 2 is 1.76 bits per heavy atom. The number of carboxylic acid groups (broad SMARTS) is 1. The molecule has 1 aliphatic rings. The first-order valence-electron chi connectivity index (χ1n) is 12.2. The van der Waals surface area contributed by atoms with E-state index in [0.717, 1.165) is 59.8 Å². The molecule has 11 heteroatoms. The van der Waals surface area contributed by atoms with Crippen molar-refractivity contribution in [1.29, 1.82) is 0 Å². The number of carbonyl (C=O) groups is 2. The van der Waals surface area contributed by atoms with Crippen LogP contribution >= 0.6 is 11.3 Å². The molecule has 4 rings (SSSR count). The smallest absolute Gasteiger partial charge is 0.416 e. The Morgan fingerprint density at radius 1 is 1.05 bits per heavy atom. The summed E-state index contributed by atoms with van der Waals surface area (Å²) >= 11 is 1.15. The average molecular weight is 545 g/mol. The van der Waals surface area contributed by atoms with E-state index in [1.165, 1.54) is 13.0 Å². The number of hydrogen-bond acceptors (Lipinski definition) is 5. The molecule has 1 atom stereocenters. The topological polar surface area (TPSA) is 104 Å². The van der Waals surface area contributed by atoms with Crippen molar-refractivity contribution in [2.45, 2.75) is 57.8 Å². The summed E-state index contributed by atoms with van der Waals surface area (Å²) in [5.74, 6) is -0.278. The Hall–Kier alpha value is -3.73. The third-order valence-electron chi connectivity index (χ3n) is 6.19. The van der Waals surface area contributed by atoms with Crippen LogP contribution in [0.4, 0.5) is 18.0 Å². The molecular formula is C27H27F3N4O3S. The second kappa shape index (κ2) is 11.8. The van der Waals surface area contributed by atoms with E-state index in [0.29, 0.717) is 27.6 Å². The average Bonchev–Trinajstić information content (AvgIpc) is 3.38. The zero-order valence-corrected chi connectivity index (χ0v) is 21.5. The summed E-state index contributed by atoms with van der Waals surface area (Å²) in [5, 5.41) is 23.1. The van der Waals surface area contributed by atoms with Gasteiger partial charge in [-0.15, -0.1) is 10.2 Å². The number of benzene rings is 2. The molecule has 0 fully saturated rings. The molecule has 0 bridgehead atoms. The van der Waals surface area contributed by atoms with Crippen LogP contribution in [0.1, 0.15) is 65.9 Å². The summed E-state index contributed by atoms with van der Waals surface area (Å²) < 4.78 is 41.2. The third-order valence-corrected chi connectivity index (χ3v) is 7.28. The molecule has 0 radical (unpaired) electrons. The molecule has 1 aliphatic carbocycles. The lowest BCUT2D eigenvalue weighted by Crippen LogP contribution is -2.27. The summed E-state index contributed by atoms with van der Waals surface area (Å²) in [5.41, 5.74) is 2.70. The normalized spacial score (nSPS) is 14.5. The minimum atomic E-state index is -4.50. The number of hydrogen-bond donors (Lipinski definition) is 3. The van der Waals surface area contributed by atoms with E-state index in [1.807, 2.05) is 18.2 Å². The fraction of sp³-hybridized carbons (Fsp3) is 0.333. The lowest BCUT2D eigenvalue weighted by molar-refractivity contribution is -0.137. The molecule has 1 unspecified atom stereocenters. The fourth-order valence-corrected chi connectivity index (χ4v) is 5.23. The number of halogens is 3. The summed E-state index contributed by atoms with van der Waals surface area (Å²) in [4.78, 5) is 22.6. The van der Waals surface area contributed by atoms with Crippen LogP contribution in [0.3, 0.4) is 0 Å². The lowest BCUT2D eigenvalue weighted by Gasteiger charge is -2.16. The largest absolute Gasteiger partial charge is 0.465 e. The van der Waals surface area contributed by atoms with E-state index >= 15 is 0 Å². The highest BCUT2D eigenvalue weighted by molar-refractivity contribution is 7.14. The van der Waals surface area contributed by atoms with Gasteiger partial charge in [-0.2, -0.15) is 13.2 Å². The van der Waals surface area contributed by atoms with Gasteiger partial charge in [0.05, 0.1) is 11.6 Å². The van der Waals surface area contributed by atoms with Crippen molar-refractivity contribution in [3.05, 3.63) is 75.8 Å². The van der Waals surface area contributed by atoms with E-state index < -0.39 is 23.9 Å². The standard InChI is InChI=1S/C27H27F3N4O3S/c1-16(35)32-23(11-17-7-9-18(10-8-17)15-31-26(36)37)25-34-33-24(38-25)21-12-20(19-5-3-2-4-6-19)13-22(14-21)27(28,29)30/h5,7-10,12-14,23,31H,2-4,6,11,15H2,1H3,(H,32,35)(H,36,37). The van der Waals surface area contributed by atoms with Crippen molar-refractivity contribution in [3.63, 3.8) is 0 Å². The maximum atomic E-state index is 13.7. The monoisotopic (exact) mass is 544 g/mol. The SMILES string of the molecule is CC(=O)NC(Cc1ccc(CNC(=O)O)cc1)c1nnc(-c2cc(C3=CCCCC3)cc(C(F)(F)F)c2)s1. The Balaban J connectivity index is 1.61. The molecule has 3 N–H and O–H groups in total. The molecular weight excluding hydrogens is 517 g/mol. The first kappa shape index (κ1) is 27.3. The number of nitrogens with one attached hydrogen (secondary N) is 2. The second-order valence-corrected chi connectivity index (χ2v) is 10.2. The molecule has 3 aromatic rings. The van der Waals surface area contributed by atoms with Gasteiger partial charge in [0.1, 0.15) is 10.0 Å². The van der Waals surface area contributed by atoms with Gasteiger partial charge in [0.25, 0.3) is 0 Å². The molecule has 2 aromatic carbocycles. The van der Waals surface area contributed by atoms with Crippen LogP contribution in [-0.2, 0) is 23.9 Å². The minimum absolute atomic E-state index is 0.167. The van der Waals surface area contributed by atoms with Crippen LogP contribution < -0.4 is 10.6 Å². The van der Waals surface area contributed by atoms with Gasteiger partial charge in [-0.25, -0.2) is 4.79 Å². The van der Waals surface area contributed by atoms with Crippen molar-refractivity contribution in [1.82, 2.24) is 20.8 Å². The molecule has 0 saturated carbocycles. The van der Waals surface area contributed by atoms with Gasteiger partial charge in [-0.05, 0) is 72.6 Å². The highest BCUT2D eigenvalue weighted by Gasteiger charge is 2.32. The van der Waals surface area contributed by atoms with Gasteiger partial charge in [0, 0.05) is 19.0 Å². The quantitative estimate of drug-likeness (QED) is 0.306. The van der Waals surface area contributed by atoms with Crippen LogP contribution in [0.15, 0.2) is 48.5 Å². The first-order valence-corrected chi connectivity index (χ1v) is 13.0. The number of nitrogens with zero attached hydrogens (tertiary/aromatic N) is 2. The van der Waals surface area contributed by atoms with Crippen molar-refractivity contribution in [2.24, 2.45) is 0 Å². The van der Waals surface area contributed by atoms with Gasteiger partial charge in [0.2, 0.25) is 5.91 Å². The fourth-order valence-electron chi connectivity index (χ4n) is 4.34. The number of allylic oxidation sites excluding steroid dienone is 2. The Kier molecular flexibility index (Phi) is 8.45. The molecule has 7 nitrogen and oxygen atoms in total. The van der Waals surface area contributed by atoms with Crippen LogP contribution in [0.25, 0.3) is 16.1 Å². The van der Waals surface area contributed by atoms with Crippen molar-refractivity contribution >= 4 is 28.9 Å². The highest BCUT2D eigenvalue weighted by Crippen LogP contribution is 2.38. The predicted molar refractivity (Wildman–Crippen MR) is 138 cm³/mol. The van der Waals surface area contributed by atoms with Gasteiger partial charge >= 0.3 is 12.3 Å². The van der Waals surface area contributed by atoms with Crippen molar-refractivity contribution in [2.75, 3.05) is 0 Å². The highest BCUT2D eigenvalue weighted by atomic mass is 32.1. The number of alkyl halides is 3. The summed E-state index contributed by atoms with van der Waals surface area (Å²) in [6.07, 6.45) is 0.314. The minimum Gasteiger partial charge on any atom is -0.465 e. The van der Waals surface area contributed by atoms with Gasteiger partial charge in [-0.1, -0.05) is 41.7 Å². The third kappa shape index (κ3) is 7.18. The maximum absolute atomic E-state index is 13.7.